The molecule has 1 aliphatic heterocycles. The number of halogens is 2. The number of piperidine rings is 1. The first-order valence-corrected chi connectivity index (χ1v) is 7.06. The van der Waals surface area contributed by atoms with Gasteiger partial charge < -0.3 is 15.5 Å². The molecule has 0 unspecified atom stereocenters. The molecule has 126 valence electrons. The van der Waals surface area contributed by atoms with Crippen LogP contribution in [0.2, 0.25) is 0 Å². The van der Waals surface area contributed by atoms with Crippen molar-refractivity contribution in [2.45, 2.75) is 38.8 Å². The minimum absolute atomic E-state index is 0. The topological polar surface area (TPSA) is 75.3 Å². The van der Waals surface area contributed by atoms with Crippen LogP contribution < -0.4 is 10.6 Å². The second-order valence-corrected chi connectivity index (χ2v) is 5.49. The van der Waals surface area contributed by atoms with Gasteiger partial charge in [0, 0.05) is 26.2 Å². The Morgan fingerprint density at radius 1 is 1.32 bits per heavy atom. The Hall–Kier alpha value is -1.11. The second kappa shape index (κ2) is 9.12. The highest BCUT2D eigenvalue weighted by molar-refractivity contribution is 5.85. The maximum atomic E-state index is 11.8. The minimum Gasteiger partial charge on any atom is -0.355 e. The number of aromatic nitrogens is 2. The van der Waals surface area contributed by atoms with Gasteiger partial charge in [-0.25, -0.2) is 0 Å². The van der Waals surface area contributed by atoms with Gasteiger partial charge in [0.05, 0.1) is 11.7 Å². The number of nitrogens with two attached hydrogens (primary N) is 1. The smallest absolute Gasteiger partial charge is 0.239 e. The van der Waals surface area contributed by atoms with E-state index in [2.05, 4.69) is 15.1 Å². The van der Waals surface area contributed by atoms with Gasteiger partial charge in [0.25, 0.3) is 0 Å². The molecule has 22 heavy (non-hydrogen) atoms. The highest BCUT2D eigenvalue weighted by Gasteiger charge is 2.27. The molecule has 1 saturated heterocycles. The molecular formula is C14H25Cl2N5O. The number of amides is 1. The molecule has 1 atom stereocenters. The van der Waals surface area contributed by atoms with Gasteiger partial charge in [-0.15, -0.1) is 29.9 Å². The summed E-state index contributed by atoms with van der Waals surface area (Å²) in [7, 11) is 2.03. The van der Waals surface area contributed by atoms with E-state index < -0.39 is 6.04 Å². The number of likely N-dealkylation sites (tertiary alicyclic amines) is 1. The monoisotopic (exact) mass is 349 g/mol. The molecular weight excluding hydrogens is 325 g/mol. The molecule has 1 amide bonds. The number of nitrogens with zero attached hydrogens (tertiary/aromatic N) is 4. The molecule has 0 radical (unpaired) electrons. The fourth-order valence-electron chi connectivity index (χ4n) is 2.53. The van der Waals surface area contributed by atoms with Crippen molar-refractivity contribution in [1.29, 1.82) is 0 Å². The summed E-state index contributed by atoms with van der Waals surface area (Å²) < 4.78 is 0. The first kappa shape index (κ1) is 20.9. The van der Waals surface area contributed by atoms with E-state index in [9.17, 15) is 4.79 Å². The van der Waals surface area contributed by atoms with Crippen molar-refractivity contribution in [3.63, 3.8) is 0 Å². The summed E-state index contributed by atoms with van der Waals surface area (Å²) in [5.74, 6) is 0.925. The number of rotatable bonds is 3. The number of anilines is 1. The molecule has 1 aromatic heterocycles. The Morgan fingerprint density at radius 2 is 1.91 bits per heavy atom. The average molecular weight is 350 g/mol. The second-order valence-electron chi connectivity index (χ2n) is 5.49. The van der Waals surface area contributed by atoms with Crippen molar-refractivity contribution in [2.75, 3.05) is 25.0 Å². The Morgan fingerprint density at radius 3 is 2.36 bits per heavy atom. The maximum Gasteiger partial charge on any atom is 0.239 e. The molecule has 6 nitrogen and oxygen atoms in total. The van der Waals surface area contributed by atoms with Crippen LogP contribution in [0.25, 0.3) is 0 Å². The number of hydrogen-bond donors (Lipinski definition) is 1. The predicted molar refractivity (Wildman–Crippen MR) is 92.9 cm³/mol. The standard InChI is InChI=1S/C14H23N5O.2ClH/c1-10-4-5-13(17-16-10)18(3)12-6-8-19(9-7-12)14(20)11(2)15;;/h4-5,11-12H,6-9,15H2,1-3H3;2*1H/t11-;;/m1../s1. The summed E-state index contributed by atoms with van der Waals surface area (Å²) in [6.07, 6.45) is 1.87. The Kier molecular flexibility index (Phi) is 8.66. The van der Waals surface area contributed by atoms with Crippen LogP contribution in [-0.2, 0) is 4.79 Å². The van der Waals surface area contributed by atoms with Crippen molar-refractivity contribution < 1.29 is 4.79 Å². The average Bonchev–Trinajstić information content (AvgIpc) is 2.46. The summed E-state index contributed by atoms with van der Waals surface area (Å²) in [6, 6.07) is 3.94. The SMILES string of the molecule is Cc1ccc(N(C)C2CCN(C(=O)[C@@H](C)N)CC2)nn1.Cl.Cl. The van der Waals surface area contributed by atoms with Gasteiger partial charge in [0.15, 0.2) is 5.82 Å². The third kappa shape index (κ3) is 4.97. The van der Waals surface area contributed by atoms with Gasteiger partial charge in [0.1, 0.15) is 0 Å². The number of carbonyl (C=O) groups excluding carboxylic acids is 1. The Bertz CT molecular complexity index is 461. The van der Waals surface area contributed by atoms with E-state index in [1.54, 1.807) is 6.92 Å². The van der Waals surface area contributed by atoms with E-state index in [1.165, 1.54) is 0 Å². The number of hydrogen-bond acceptors (Lipinski definition) is 5. The van der Waals surface area contributed by atoms with Gasteiger partial charge in [-0.05, 0) is 38.8 Å². The van der Waals surface area contributed by atoms with E-state index in [0.717, 1.165) is 37.4 Å². The van der Waals surface area contributed by atoms with E-state index >= 15 is 0 Å². The lowest BCUT2D eigenvalue weighted by molar-refractivity contribution is -0.133. The van der Waals surface area contributed by atoms with Crippen LogP contribution in [0.5, 0.6) is 0 Å². The summed E-state index contributed by atoms with van der Waals surface area (Å²) in [4.78, 5) is 15.9. The summed E-state index contributed by atoms with van der Waals surface area (Å²) in [6.45, 7) is 5.18. The molecule has 1 fully saturated rings. The zero-order valence-corrected chi connectivity index (χ0v) is 14.9. The first-order chi connectivity index (χ1) is 9.49. The maximum absolute atomic E-state index is 11.8. The summed E-state index contributed by atoms with van der Waals surface area (Å²) in [5, 5.41) is 8.30. The van der Waals surface area contributed by atoms with Crippen molar-refractivity contribution in [2.24, 2.45) is 5.73 Å². The molecule has 0 bridgehead atoms. The van der Waals surface area contributed by atoms with Crippen LogP contribution in [0.15, 0.2) is 12.1 Å². The van der Waals surface area contributed by atoms with E-state index in [4.69, 9.17) is 5.73 Å². The van der Waals surface area contributed by atoms with Crippen molar-refractivity contribution in [3.05, 3.63) is 17.8 Å². The van der Waals surface area contributed by atoms with Gasteiger partial charge >= 0.3 is 0 Å². The van der Waals surface area contributed by atoms with Crippen LogP contribution in [-0.4, -0.2) is 53.2 Å². The lowest BCUT2D eigenvalue weighted by atomic mass is 10.0. The van der Waals surface area contributed by atoms with Crippen LogP contribution in [0, 0.1) is 6.92 Å². The number of carbonyl (C=O) groups is 1. The Labute approximate surface area is 144 Å². The third-order valence-corrected chi connectivity index (χ3v) is 3.86. The summed E-state index contributed by atoms with van der Waals surface area (Å²) in [5.41, 5.74) is 6.56. The van der Waals surface area contributed by atoms with Crippen LogP contribution in [0.4, 0.5) is 5.82 Å². The zero-order valence-electron chi connectivity index (χ0n) is 13.2. The summed E-state index contributed by atoms with van der Waals surface area (Å²) >= 11 is 0. The van der Waals surface area contributed by atoms with E-state index in [1.807, 2.05) is 31.0 Å². The van der Waals surface area contributed by atoms with Crippen molar-refractivity contribution in [3.8, 4) is 0 Å². The Balaban J connectivity index is 0.00000220. The van der Waals surface area contributed by atoms with Gasteiger partial charge in [0.2, 0.25) is 5.91 Å². The highest BCUT2D eigenvalue weighted by atomic mass is 35.5. The van der Waals surface area contributed by atoms with E-state index in [0.29, 0.717) is 6.04 Å². The molecule has 0 spiro atoms. The zero-order chi connectivity index (χ0) is 14.7. The fraction of sp³-hybridized carbons (Fsp3) is 0.643. The minimum atomic E-state index is -0.410. The molecule has 0 aromatic carbocycles. The van der Waals surface area contributed by atoms with Crippen molar-refractivity contribution >= 4 is 36.5 Å². The van der Waals surface area contributed by atoms with Gasteiger partial charge in [-0.2, -0.15) is 5.10 Å². The van der Waals surface area contributed by atoms with Gasteiger partial charge in [-0.3, -0.25) is 4.79 Å². The van der Waals surface area contributed by atoms with Crippen LogP contribution in [0.1, 0.15) is 25.5 Å². The normalized spacial score (nSPS) is 16.3. The largest absolute Gasteiger partial charge is 0.355 e. The molecule has 0 aliphatic carbocycles. The predicted octanol–water partition coefficient (Wildman–Crippen LogP) is 1.40. The molecule has 2 heterocycles. The third-order valence-electron chi connectivity index (χ3n) is 3.86. The van der Waals surface area contributed by atoms with Crippen LogP contribution >= 0.6 is 24.8 Å². The number of aryl methyl sites for hydroxylation is 1. The van der Waals surface area contributed by atoms with E-state index in [-0.39, 0.29) is 30.7 Å². The molecule has 2 N–H and O–H groups in total. The molecule has 0 saturated carbocycles. The lowest BCUT2D eigenvalue weighted by Gasteiger charge is -2.37. The molecule has 1 aromatic rings. The van der Waals surface area contributed by atoms with Gasteiger partial charge in [-0.1, -0.05) is 0 Å². The fourth-order valence-corrected chi connectivity index (χ4v) is 2.53. The molecule has 2 rings (SSSR count). The highest BCUT2D eigenvalue weighted by Crippen LogP contribution is 2.20. The quantitative estimate of drug-likeness (QED) is 0.892. The molecule has 8 heteroatoms. The van der Waals surface area contributed by atoms with Crippen LogP contribution in [0.3, 0.4) is 0 Å². The van der Waals surface area contributed by atoms with Crippen molar-refractivity contribution in [1.82, 2.24) is 15.1 Å². The molecule has 1 aliphatic rings. The first-order valence-electron chi connectivity index (χ1n) is 7.06. The lowest BCUT2D eigenvalue weighted by Crippen LogP contribution is -2.49.